The summed E-state index contributed by atoms with van der Waals surface area (Å²) in [5.41, 5.74) is 7.95. The van der Waals surface area contributed by atoms with Gasteiger partial charge in [0, 0.05) is 24.6 Å². The highest BCUT2D eigenvalue weighted by atomic mass is 16.6. The Bertz CT molecular complexity index is 1550. The summed E-state index contributed by atoms with van der Waals surface area (Å²) in [7, 11) is 0. The minimum Gasteiger partial charge on any atom is -0.472 e. The molecule has 2 aromatic heterocycles. The number of nitrogens with one attached hydrogen (secondary N) is 2. The van der Waals surface area contributed by atoms with Crippen LogP contribution >= 0.6 is 0 Å². The van der Waals surface area contributed by atoms with Crippen LogP contribution in [0.3, 0.4) is 0 Å². The SMILES string of the molecule is CCC(Oc1[nH]c2cc(C)c(-c3ccc(-c4ccc(C5CNCCO5)cc4)cc3)nc2c1C#N)[C@H]1OCC(O)[C@H]1C. The van der Waals surface area contributed by atoms with E-state index in [0.717, 1.165) is 53.2 Å². The molecule has 5 atom stereocenters. The second-order valence-corrected chi connectivity index (χ2v) is 11.0. The number of pyridine rings is 1. The van der Waals surface area contributed by atoms with Crippen LogP contribution in [0.5, 0.6) is 5.88 Å². The van der Waals surface area contributed by atoms with Crippen LogP contribution in [-0.4, -0.2) is 59.7 Å². The van der Waals surface area contributed by atoms with E-state index >= 15 is 0 Å². The summed E-state index contributed by atoms with van der Waals surface area (Å²) in [6.07, 6.45) is -0.272. The van der Waals surface area contributed by atoms with Crippen LogP contribution in [0.4, 0.5) is 0 Å². The van der Waals surface area contributed by atoms with E-state index in [1.165, 1.54) is 5.56 Å². The molecule has 3 N–H and O–H groups in total. The zero-order valence-corrected chi connectivity index (χ0v) is 23.7. The van der Waals surface area contributed by atoms with E-state index in [1.54, 1.807) is 0 Å². The minimum atomic E-state index is -0.512. The van der Waals surface area contributed by atoms with Crippen molar-refractivity contribution in [3.05, 3.63) is 71.3 Å². The maximum Gasteiger partial charge on any atom is 0.212 e. The van der Waals surface area contributed by atoms with Gasteiger partial charge in [0.15, 0.2) is 0 Å². The third-order valence-electron chi connectivity index (χ3n) is 8.36. The lowest BCUT2D eigenvalue weighted by Crippen LogP contribution is -2.36. The highest BCUT2D eigenvalue weighted by Gasteiger charge is 2.39. The third-order valence-corrected chi connectivity index (χ3v) is 8.36. The van der Waals surface area contributed by atoms with E-state index in [-0.39, 0.29) is 24.2 Å². The van der Waals surface area contributed by atoms with Gasteiger partial charge in [-0.2, -0.15) is 5.26 Å². The number of aromatic amines is 1. The first-order chi connectivity index (χ1) is 20.0. The summed E-state index contributed by atoms with van der Waals surface area (Å²) >= 11 is 0. The fourth-order valence-corrected chi connectivity index (χ4v) is 5.88. The highest BCUT2D eigenvalue weighted by Crippen LogP contribution is 2.35. The Morgan fingerprint density at radius 3 is 2.41 bits per heavy atom. The van der Waals surface area contributed by atoms with Crippen molar-refractivity contribution in [2.75, 3.05) is 26.3 Å². The first kappa shape index (κ1) is 27.4. The number of nitrogens with zero attached hydrogens (tertiary/aromatic N) is 2. The van der Waals surface area contributed by atoms with Gasteiger partial charge in [0.1, 0.15) is 23.3 Å². The normalized spacial score (nSPS) is 23.4. The number of hydrogen-bond acceptors (Lipinski definition) is 7. The first-order valence-electron chi connectivity index (χ1n) is 14.4. The van der Waals surface area contributed by atoms with Gasteiger partial charge < -0.3 is 29.6 Å². The molecule has 0 spiro atoms. The van der Waals surface area contributed by atoms with Crippen LogP contribution in [0.2, 0.25) is 0 Å². The lowest BCUT2D eigenvalue weighted by Gasteiger charge is -2.25. The lowest BCUT2D eigenvalue weighted by atomic mass is 9.96. The number of fused-ring (bicyclic) bond motifs is 1. The summed E-state index contributed by atoms with van der Waals surface area (Å²) in [6, 6.07) is 21.2. The quantitative estimate of drug-likeness (QED) is 0.286. The number of aryl methyl sites for hydroxylation is 1. The highest BCUT2D eigenvalue weighted by molar-refractivity contribution is 5.88. The molecule has 2 fully saturated rings. The molecule has 2 aliphatic rings. The number of nitriles is 1. The maximum absolute atomic E-state index is 10.1. The number of hydrogen-bond donors (Lipinski definition) is 3. The molecule has 2 saturated heterocycles. The molecule has 4 heterocycles. The van der Waals surface area contributed by atoms with Crippen molar-refractivity contribution >= 4 is 11.0 Å². The van der Waals surface area contributed by atoms with Crippen LogP contribution < -0.4 is 10.1 Å². The van der Waals surface area contributed by atoms with Crippen LogP contribution in [0.25, 0.3) is 33.4 Å². The molecule has 3 unspecified atom stereocenters. The van der Waals surface area contributed by atoms with E-state index in [9.17, 15) is 10.4 Å². The predicted octanol–water partition coefficient (Wildman–Crippen LogP) is 5.29. The van der Waals surface area contributed by atoms with Crippen molar-refractivity contribution in [1.82, 2.24) is 15.3 Å². The number of aliphatic hydroxyl groups is 1. The van der Waals surface area contributed by atoms with Gasteiger partial charge >= 0.3 is 0 Å². The Hall–Kier alpha value is -3.74. The van der Waals surface area contributed by atoms with E-state index < -0.39 is 6.10 Å². The van der Waals surface area contributed by atoms with Crippen LogP contribution in [0.15, 0.2) is 54.6 Å². The number of ether oxygens (including phenoxy) is 3. The third kappa shape index (κ3) is 5.34. The Labute approximate surface area is 240 Å². The summed E-state index contributed by atoms with van der Waals surface area (Å²) in [5, 5.41) is 23.6. The Kier molecular flexibility index (Phi) is 7.78. The van der Waals surface area contributed by atoms with E-state index in [0.29, 0.717) is 30.0 Å². The fourth-order valence-electron chi connectivity index (χ4n) is 5.88. The molecular formula is C33H36N4O4. The number of aromatic nitrogens is 2. The van der Waals surface area contributed by atoms with E-state index in [2.05, 4.69) is 64.9 Å². The maximum atomic E-state index is 10.1. The summed E-state index contributed by atoms with van der Waals surface area (Å²) in [4.78, 5) is 8.20. The molecule has 8 nitrogen and oxygen atoms in total. The second kappa shape index (κ2) is 11.6. The Morgan fingerprint density at radius 2 is 1.80 bits per heavy atom. The average Bonchev–Trinajstić information content (AvgIpc) is 3.53. The van der Waals surface area contributed by atoms with Crippen molar-refractivity contribution in [2.45, 2.75) is 51.6 Å². The van der Waals surface area contributed by atoms with Crippen LogP contribution in [0.1, 0.15) is 43.1 Å². The molecule has 0 bridgehead atoms. The summed E-state index contributed by atoms with van der Waals surface area (Å²) < 4.78 is 18.0. The van der Waals surface area contributed by atoms with Gasteiger partial charge in [0.25, 0.3) is 0 Å². The zero-order chi connectivity index (χ0) is 28.5. The molecule has 0 aliphatic carbocycles. The molecule has 8 heteroatoms. The van der Waals surface area contributed by atoms with Gasteiger partial charge in [-0.3, -0.25) is 0 Å². The van der Waals surface area contributed by atoms with Crippen molar-refractivity contribution in [1.29, 1.82) is 5.26 Å². The zero-order valence-electron chi connectivity index (χ0n) is 23.7. The molecule has 4 aromatic rings. The van der Waals surface area contributed by atoms with Crippen molar-refractivity contribution in [2.24, 2.45) is 5.92 Å². The van der Waals surface area contributed by atoms with Crippen molar-refractivity contribution in [3.63, 3.8) is 0 Å². The standard InChI is InChI=1S/C33H36N4O4/c1-4-28(32-20(3)27(38)18-40-32)41-33-25(16-34)31-26(36-33)15-19(2)30(37-31)24-11-7-22(8-12-24)21-5-9-23(10-6-21)29-17-35-13-14-39-29/h5-12,15,20,27-29,32,35-36,38H,4,13-14,17-18H2,1-3H3/t20-,27?,28?,29?,32+/m1/s1. The number of benzene rings is 2. The van der Waals surface area contributed by atoms with Crippen LogP contribution in [-0.2, 0) is 9.47 Å². The minimum absolute atomic E-state index is 0.0500. The van der Waals surface area contributed by atoms with E-state index in [1.807, 2.05) is 26.8 Å². The number of H-pyrrole nitrogens is 1. The average molecular weight is 553 g/mol. The molecule has 0 saturated carbocycles. The molecule has 212 valence electrons. The van der Waals surface area contributed by atoms with Gasteiger partial charge in [-0.15, -0.1) is 0 Å². The van der Waals surface area contributed by atoms with Gasteiger partial charge in [0.05, 0.1) is 42.7 Å². The van der Waals surface area contributed by atoms with Crippen molar-refractivity contribution < 1.29 is 19.3 Å². The Morgan fingerprint density at radius 1 is 1.10 bits per heavy atom. The molecule has 6 rings (SSSR count). The van der Waals surface area contributed by atoms with Gasteiger partial charge in [-0.1, -0.05) is 62.4 Å². The molecular weight excluding hydrogens is 516 g/mol. The molecule has 0 amide bonds. The number of morpholine rings is 1. The van der Waals surface area contributed by atoms with Gasteiger partial charge in [-0.25, -0.2) is 4.98 Å². The fraction of sp³-hybridized carbons (Fsp3) is 0.394. The topological polar surface area (TPSA) is 112 Å². The van der Waals surface area contributed by atoms with E-state index in [4.69, 9.17) is 19.2 Å². The summed E-state index contributed by atoms with van der Waals surface area (Å²) in [6.45, 7) is 8.77. The predicted molar refractivity (Wildman–Crippen MR) is 158 cm³/mol. The van der Waals surface area contributed by atoms with Gasteiger partial charge in [0.2, 0.25) is 5.88 Å². The number of aliphatic hydroxyl groups excluding tert-OH is 1. The largest absolute Gasteiger partial charge is 0.472 e. The second-order valence-electron chi connectivity index (χ2n) is 11.0. The smallest absolute Gasteiger partial charge is 0.212 e. The first-order valence-corrected chi connectivity index (χ1v) is 14.4. The number of rotatable bonds is 7. The van der Waals surface area contributed by atoms with Crippen molar-refractivity contribution in [3.8, 4) is 34.3 Å². The monoisotopic (exact) mass is 552 g/mol. The molecule has 41 heavy (non-hydrogen) atoms. The molecule has 2 aromatic carbocycles. The lowest BCUT2D eigenvalue weighted by molar-refractivity contribution is -0.00624. The van der Waals surface area contributed by atoms with Gasteiger partial charge in [-0.05, 0) is 41.7 Å². The van der Waals surface area contributed by atoms with Crippen LogP contribution in [0, 0.1) is 24.2 Å². The Balaban J connectivity index is 1.25. The summed E-state index contributed by atoms with van der Waals surface area (Å²) in [5.74, 6) is 0.342. The molecule has 2 aliphatic heterocycles. The molecule has 0 radical (unpaired) electrons.